The molecule has 0 spiro atoms. The molecule has 0 aliphatic rings. The van der Waals surface area contributed by atoms with Crippen molar-refractivity contribution in [2.24, 2.45) is 0 Å². The monoisotopic (exact) mass is 426 g/mol. The van der Waals surface area contributed by atoms with Crippen molar-refractivity contribution in [3.8, 4) is 0 Å². The van der Waals surface area contributed by atoms with Gasteiger partial charge in [0.2, 0.25) is 0 Å². The summed E-state index contributed by atoms with van der Waals surface area (Å²) in [7, 11) is 3.47. The highest BCUT2D eigenvalue weighted by Crippen LogP contribution is 2.47. The van der Waals surface area contributed by atoms with E-state index in [0.717, 1.165) is 25.7 Å². The highest BCUT2D eigenvalue weighted by Gasteiger charge is 2.47. The molecule has 0 heterocycles. The summed E-state index contributed by atoms with van der Waals surface area (Å²) in [4.78, 5) is 0. The van der Waals surface area contributed by atoms with Crippen LogP contribution in [0.5, 0.6) is 0 Å². The van der Waals surface area contributed by atoms with Crippen molar-refractivity contribution in [1.29, 1.82) is 0 Å². The van der Waals surface area contributed by atoms with Crippen LogP contribution < -0.4 is 0 Å². The number of rotatable bonds is 7. The molecule has 86 valence electrons. The third-order valence-corrected chi connectivity index (χ3v) is 5.08. The molecule has 0 N–H and O–H groups in total. The maximum atomic E-state index is 5.61. The van der Waals surface area contributed by atoms with E-state index in [1.54, 1.807) is 14.2 Å². The van der Waals surface area contributed by atoms with E-state index in [9.17, 15) is 0 Å². The van der Waals surface area contributed by atoms with E-state index in [1.807, 2.05) is 0 Å². The molecule has 0 aromatic heterocycles. The Labute approximate surface area is 115 Å². The number of hydrogen-bond acceptors (Lipinski definition) is 2. The lowest BCUT2D eigenvalue weighted by Gasteiger charge is -2.41. The second-order valence-corrected chi connectivity index (χ2v) is 9.11. The van der Waals surface area contributed by atoms with Crippen LogP contribution in [0.4, 0.5) is 0 Å². The van der Waals surface area contributed by atoms with Crippen LogP contribution in [0.25, 0.3) is 0 Å². The van der Waals surface area contributed by atoms with Gasteiger partial charge in [-0.05, 0) is 6.42 Å². The van der Waals surface area contributed by atoms with Gasteiger partial charge in [0.25, 0.3) is 0 Å². The Kier molecular flexibility index (Phi) is 7.53. The number of alkyl halides is 2. The van der Waals surface area contributed by atoms with Gasteiger partial charge in [-0.3, -0.25) is 0 Å². The van der Waals surface area contributed by atoms with Gasteiger partial charge in [-0.2, -0.15) is 0 Å². The van der Waals surface area contributed by atoms with Crippen molar-refractivity contribution in [3.63, 3.8) is 0 Å². The molecular weight excluding hydrogens is 406 g/mol. The number of ether oxygens (including phenoxy) is 2. The topological polar surface area (TPSA) is 18.5 Å². The van der Waals surface area contributed by atoms with Gasteiger partial charge in [0, 0.05) is 20.6 Å². The third-order valence-electron chi connectivity index (χ3n) is 2.36. The van der Waals surface area contributed by atoms with Crippen LogP contribution >= 0.6 is 45.2 Å². The molecule has 0 radical (unpaired) electrons. The predicted octanol–water partition coefficient (Wildman–Crippen LogP) is 4.14. The fraction of sp³-hybridized carbons (Fsp3) is 1.00. The van der Waals surface area contributed by atoms with Crippen LogP contribution in [0.2, 0.25) is 0 Å². The molecule has 0 rings (SSSR count). The van der Waals surface area contributed by atoms with Gasteiger partial charge in [-0.15, -0.1) is 0 Å². The summed E-state index contributed by atoms with van der Waals surface area (Å²) < 4.78 is 11.2. The van der Waals surface area contributed by atoms with Crippen molar-refractivity contribution >= 4 is 45.2 Å². The molecule has 0 bridgehead atoms. The van der Waals surface area contributed by atoms with Crippen LogP contribution in [-0.2, 0) is 9.47 Å². The lowest BCUT2D eigenvalue weighted by Crippen LogP contribution is -2.48. The molecule has 0 unspecified atom stereocenters. The minimum absolute atomic E-state index is 0.0107. The molecule has 0 amide bonds. The quantitative estimate of drug-likeness (QED) is 0.346. The van der Waals surface area contributed by atoms with E-state index in [2.05, 4.69) is 59.0 Å². The Morgan fingerprint density at radius 2 is 1.36 bits per heavy atom. The Morgan fingerprint density at radius 3 is 1.64 bits per heavy atom. The first-order chi connectivity index (χ1) is 6.49. The van der Waals surface area contributed by atoms with E-state index in [0.29, 0.717) is 0 Å². The Bertz CT molecular complexity index is 156. The van der Waals surface area contributed by atoms with E-state index in [1.165, 1.54) is 0 Å². The van der Waals surface area contributed by atoms with Crippen LogP contribution in [0.3, 0.4) is 0 Å². The predicted molar refractivity (Wildman–Crippen MR) is 77.3 cm³/mol. The third kappa shape index (κ3) is 3.45. The van der Waals surface area contributed by atoms with E-state index < -0.39 is 5.79 Å². The summed E-state index contributed by atoms with van der Waals surface area (Å²) in [6, 6.07) is 0. The first kappa shape index (κ1) is 15.4. The highest BCUT2D eigenvalue weighted by molar-refractivity contribution is 14.2. The normalized spacial score (nSPS) is 13.3. The first-order valence-electron chi connectivity index (χ1n) is 4.97. The molecule has 2 nitrogen and oxygen atoms in total. The van der Waals surface area contributed by atoms with Gasteiger partial charge < -0.3 is 9.47 Å². The summed E-state index contributed by atoms with van der Waals surface area (Å²) in [6.07, 6.45) is 4.24. The second-order valence-electron chi connectivity index (χ2n) is 3.37. The molecule has 0 fully saturated rings. The SMILES string of the molecule is CCCC(I)(I)C(CCC)(OC)OC. The second kappa shape index (κ2) is 6.85. The zero-order chi connectivity index (χ0) is 11.2. The molecule has 4 heteroatoms. The Hall–Kier alpha value is 1.38. The average Bonchev–Trinajstić information content (AvgIpc) is 2.13. The zero-order valence-electron chi connectivity index (χ0n) is 9.40. The lowest BCUT2D eigenvalue weighted by atomic mass is 10.0. The van der Waals surface area contributed by atoms with Gasteiger partial charge >= 0.3 is 0 Å². The summed E-state index contributed by atoms with van der Waals surface area (Å²) >= 11 is 4.90. The molecule has 0 saturated heterocycles. The molecule has 0 aromatic carbocycles. The van der Waals surface area contributed by atoms with Crippen molar-refractivity contribution in [2.45, 2.75) is 46.7 Å². The largest absolute Gasteiger partial charge is 0.351 e. The molecule has 0 atom stereocenters. The van der Waals surface area contributed by atoms with Crippen LogP contribution in [0, 0.1) is 0 Å². The molecule has 0 saturated carbocycles. The number of hydrogen-bond donors (Lipinski definition) is 0. The Morgan fingerprint density at radius 1 is 0.929 bits per heavy atom. The lowest BCUT2D eigenvalue weighted by molar-refractivity contribution is -0.211. The molecule has 14 heavy (non-hydrogen) atoms. The van der Waals surface area contributed by atoms with Crippen LogP contribution in [0.15, 0.2) is 0 Å². The molecule has 0 aliphatic heterocycles. The summed E-state index contributed by atoms with van der Waals surface area (Å²) in [5, 5.41) is 0. The van der Waals surface area contributed by atoms with Gasteiger partial charge in [-0.1, -0.05) is 71.9 Å². The zero-order valence-corrected chi connectivity index (χ0v) is 13.7. The summed E-state index contributed by atoms with van der Waals surface area (Å²) in [5.41, 5.74) is 0. The Balaban J connectivity index is 4.75. The summed E-state index contributed by atoms with van der Waals surface area (Å²) in [6.45, 7) is 4.34. The molecule has 0 aliphatic carbocycles. The molecule has 0 aromatic rings. The average molecular weight is 426 g/mol. The van der Waals surface area contributed by atoms with E-state index >= 15 is 0 Å². The minimum Gasteiger partial charge on any atom is -0.351 e. The minimum atomic E-state index is -0.446. The first-order valence-corrected chi connectivity index (χ1v) is 7.13. The van der Waals surface area contributed by atoms with E-state index in [4.69, 9.17) is 9.47 Å². The smallest absolute Gasteiger partial charge is 0.191 e. The standard InChI is InChI=1S/C10H20I2O2/c1-5-7-9(11,12)10(13-3,14-4)8-6-2/h5-8H2,1-4H3. The van der Waals surface area contributed by atoms with Gasteiger partial charge in [0.15, 0.2) is 5.79 Å². The fourth-order valence-corrected chi connectivity index (χ4v) is 4.10. The number of halogens is 2. The maximum absolute atomic E-state index is 5.61. The van der Waals surface area contributed by atoms with Crippen molar-refractivity contribution in [3.05, 3.63) is 0 Å². The fourth-order valence-electron chi connectivity index (χ4n) is 1.60. The highest BCUT2D eigenvalue weighted by atomic mass is 127. The van der Waals surface area contributed by atoms with E-state index in [-0.39, 0.29) is 1.43 Å². The van der Waals surface area contributed by atoms with Gasteiger partial charge in [0.1, 0.15) is 1.43 Å². The van der Waals surface area contributed by atoms with Gasteiger partial charge in [-0.25, -0.2) is 0 Å². The van der Waals surface area contributed by atoms with Crippen LogP contribution in [-0.4, -0.2) is 21.4 Å². The van der Waals surface area contributed by atoms with Crippen molar-refractivity contribution in [1.82, 2.24) is 0 Å². The van der Waals surface area contributed by atoms with Gasteiger partial charge in [0.05, 0.1) is 0 Å². The number of methoxy groups -OCH3 is 2. The van der Waals surface area contributed by atoms with Crippen molar-refractivity contribution < 1.29 is 9.47 Å². The summed E-state index contributed by atoms with van der Waals surface area (Å²) in [5.74, 6) is -0.446. The maximum Gasteiger partial charge on any atom is 0.191 e. The van der Waals surface area contributed by atoms with Crippen molar-refractivity contribution in [2.75, 3.05) is 14.2 Å². The molecular formula is C10H20I2O2. The van der Waals surface area contributed by atoms with Crippen LogP contribution in [0.1, 0.15) is 39.5 Å².